The molecule has 0 aromatic carbocycles. The second-order valence-electron chi connectivity index (χ2n) is 3.61. The van der Waals surface area contributed by atoms with Gasteiger partial charge < -0.3 is 15.0 Å². The molecule has 2 aromatic heterocycles. The number of aromatic nitrogens is 2. The molecule has 0 atom stereocenters. The molecule has 9 heteroatoms. The average Bonchev–Trinajstić information content (AvgIpc) is 3.05. The van der Waals surface area contributed by atoms with Crippen molar-refractivity contribution in [3.05, 3.63) is 36.8 Å². The van der Waals surface area contributed by atoms with E-state index in [0.29, 0.717) is 5.69 Å². The minimum atomic E-state index is -0.543. The Labute approximate surface area is 121 Å². The van der Waals surface area contributed by atoms with E-state index in [1.54, 1.807) is 12.3 Å². The van der Waals surface area contributed by atoms with Gasteiger partial charge in [0.1, 0.15) is 5.69 Å². The fourth-order valence-electron chi connectivity index (χ4n) is 1.33. The number of rotatable bonds is 5. The molecular formula is C11H11N3O4S2. The van der Waals surface area contributed by atoms with E-state index in [1.165, 1.54) is 5.38 Å². The summed E-state index contributed by atoms with van der Waals surface area (Å²) >= 11 is 2.08. The Kier molecular flexibility index (Phi) is 4.64. The van der Waals surface area contributed by atoms with Crippen molar-refractivity contribution in [1.82, 2.24) is 15.3 Å². The Bertz CT molecular complexity index is 673. The third-order valence-electron chi connectivity index (χ3n) is 2.20. The maximum absolute atomic E-state index is 11.8. The highest BCUT2D eigenvalue weighted by atomic mass is 32.1. The Hall–Kier alpha value is -2.00. The van der Waals surface area contributed by atoms with Gasteiger partial charge in [-0.1, -0.05) is 11.3 Å². The second-order valence-corrected chi connectivity index (χ2v) is 5.31. The summed E-state index contributed by atoms with van der Waals surface area (Å²) in [6, 6.07) is 0. The molecule has 1 amide bonds. The summed E-state index contributed by atoms with van der Waals surface area (Å²) in [6.07, 6.45) is 0. The van der Waals surface area contributed by atoms with E-state index in [-0.39, 0.29) is 28.7 Å². The zero-order valence-electron chi connectivity index (χ0n) is 10.5. The van der Waals surface area contributed by atoms with Crippen molar-refractivity contribution >= 4 is 34.6 Å². The van der Waals surface area contributed by atoms with E-state index in [2.05, 4.69) is 15.3 Å². The molecule has 20 heavy (non-hydrogen) atoms. The van der Waals surface area contributed by atoms with Crippen LogP contribution in [0.2, 0.25) is 0 Å². The Morgan fingerprint density at radius 3 is 2.85 bits per heavy atom. The van der Waals surface area contributed by atoms with Crippen molar-refractivity contribution in [2.75, 3.05) is 6.61 Å². The lowest BCUT2D eigenvalue weighted by Crippen LogP contribution is -2.23. The number of H-pyrrole nitrogens is 1. The van der Waals surface area contributed by atoms with Crippen LogP contribution in [-0.4, -0.2) is 28.5 Å². The molecular weight excluding hydrogens is 302 g/mol. The van der Waals surface area contributed by atoms with Gasteiger partial charge in [-0.3, -0.25) is 9.59 Å². The molecule has 0 unspecified atom stereocenters. The van der Waals surface area contributed by atoms with Crippen LogP contribution in [0.3, 0.4) is 0 Å². The van der Waals surface area contributed by atoms with E-state index in [9.17, 15) is 14.4 Å². The average molecular weight is 313 g/mol. The van der Waals surface area contributed by atoms with Gasteiger partial charge in [0, 0.05) is 16.5 Å². The fraction of sp³-hybridized carbons (Fsp3) is 0.273. The first-order valence-electron chi connectivity index (χ1n) is 5.67. The molecule has 2 rings (SSSR count). The van der Waals surface area contributed by atoms with Crippen LogP contribution in [-0.2, 0) is 11.3 Å². The van der Waals surface area contributed by atoms with Crippen LogP contribution in [0.1, 0.15) is 32.9 Å². The van der Waals surface area contributed by atoms with Gasteiger partial charge in [0.2, 0.25) is 5.01 Å². The van der Waals surface area contributed by atoms with Gasteiger partial charge in [0.25, 0.3) is 5.91 Å². The number of ether oxygens (including phenoxy) is 1. The van der Waals surface area contributed by atoms with E-state index in [0.717, 1.165) is 22.7 Å². The molecule has 2 N–H and O–H groups in total. The molecule has 0 aliphatic heterocycles. The molecule has 0 fully saturated rings. The van der Waals surface area contributed by atoms with E-state index < -0.39 is 11.9 Å². The topological polar surface area (TPSA) is 101 Å². The van der Waals surface area contributed by atoms with E-state index in [1.807, 2.05) is 0 Å². The summed E-state index contributed by atoms with van der Waals surface area (Å²) in [5.41, 5.74) is 0.768. The van der Waals surface area contributed by atoms with Gasteiger partial charge in [-0.25, -0.2) is 9.78 Å². The SMILES string of the molecule is CCOC(=O)c1nc(C(=O)NCc2csc(=O)[nH]2)cs1. The van der Waals surface area contributed by atoms with Crippen molar-refractivity contribution in [3.63, 3.8) is 0 Å². The summed E-state index contributed by atoms with van der Waals surface area (Å²) in [6.45, 7) is 2.15. The fourth-order valence-corrected chi connectivity index (χ4v) is 2.60. The standard InChI is InChI=1S/C11H11N3O4S2/c1-2-18-10(16)9-14-7(5-19-9)8(15)12-3-6-4-20-11(17)13-6/h4-5H,2-3H2,1H3,(H,12,15)(H,13,17). The molecule has 2 aromatic rings. The van der Waals surface area contributed by atoms with E-state index >= 15 is 0 Å². The highest BCUT2D eigenvalue weighted by Crippen LogP contribution is 2.11. The molecule has 2 heterocycles. The summed E-state index contributed by atoms with van der Waals surface area (Å²) < 4.78 is 4.79. The molecule has 0 bridgehead atoms. The summed E-state index contributed by atoms with van der Waals surface area (Å²) in [5, 5.41) is 5.86. The molecule has 0 saturated carbocycles. The number of amides is 1. The number of carbonyl (C=O) groups excluding carboxylic acids is 2. The van der Waals surface area contributed by atoms with Gasteiger partial charge in [-0.05, 0) is 6.92 Å². The summed E-state index contributed by atoms with van der Waals surface area (Å²) in [5.74, 6) is -0.956. The quantitative estimate of drug-likeness (QED) is 0.802. The Morgan fingerprint density at radius 1 is 1.40 bits per heavy atom. The van der Waals surface area contributed by atoms with Crippen LogP contribution >= 0.6 is 22.7 Å². The number of nitrogens with one attached hydrogen (secondary N) is 2. The maximum Gasteiger partial charge on any atom is 0.367 e. The largest absolute Gasteiger partial charge is 0.461 e. The minimum Gasteiger partial charge on any atom is -0.461 e. The van der Waals surface area contributed by atoms with E-state index in [4.69, 9.17) is 4.74 Å². The van der Waals surface area contributed by atoms with Crippen molar-refractivity contribution in [2.24, 2.45) is 0 Å². The van der Waals surface area contributed by atoms with Gasteiger partial charge in [0.05, 0.1) is 13.2 Å². The molecule has 7 nitrogen and oxygen atoms in total. The summed E-state index contributed by atoms with van der Waals surface area (Å²) in [7, 11) is 0. The van der Waals surface area contributed by atoms with Crippen LogP contribution in [0, 0.1) is 0 Å². The van der Waals surface area contributed by atoms with Gasteiger partial charge in [-0.2, -0.15) is 0 Å². The van der Waals surface area contributed by atoms with Crippen LogP contribution in [0.15, 0.2) is 15.6 Å². The smallest absolute Gasteiger partial charge is 0.367 e. The van der Waals surface area contributed by atoms with Crippen molar-refractivity contribution < 1.29 is 14.3 Å². The number of hydrogen-bond donors (Lipinski definition) is 2. The number of aromatic amines is 1. The van der Waals surface area contributed by atoms with Crippen LogP contribution in [0.25, 0.3) is 0 Å². The predicted octanol–water partition coefficient (Wildman–Crippen LogP) is 1.000. The Morgan fingerprint density at radius 2 is 2.20 bits per heavy atom. The third-order valence-corrected chi connectivity index (χ3v) is 3.74. The van der Waals surface area contributed by atoms with Crippen LogP contribution in [0.5, 0.6) is 0 Å². The number of thiazole rings is 2. The third kappa shape index (κ3) is 3.52. The highest BCUT2D eigenvalue weighted by Gasteiger charge is 2.16. The van der Waals surface area contributed by atoms with Crippen molar-refractivity contribution in [3.8, 4) is 0 Å². The second kappa shape index (κ2) is 6.44. The molecule has 106 valence electrons. The lowest BCUT2D eigenvalue weighted by atomic mass is 10.4. The molecule has 0 saturated heterocycles. The molecule has 0 radical (unpaired) electrons. The monoisotopic (exact) mass is 313 g/mol. The zero-order chi connectivity index (χ0) is 14.5. The highest BCUT2D eigenvalue weighted by molar-refractivity contribution is 7.11. The molecule has 0 spiro atoms. The summed E-state index contributed by atoms with van der Waals surface area (Å²) in [4.78, 5) is 40.5. The van der Waals surface area contributed by atoms with Crippen molar-refractivity contribution in [2.45, 2.75) is 13.5 Å². The number of hydrogen-bond acceptors (Lipinski definition) is 7. The number of esters is 1. The first kappa shape index (κ1) is 14.4. The van der Waals surface area contributed by atoms with Gasteiger partial charge in [0.15, 0.2) is 0 Å². The lowest BCUT2D eigenvalue weighted by molar-refractivity contribution is 0.0526. The predicted molar refractivity (Wildman–Crippen MR) is 74.2 cm³/mol. The molecule has 0 aliphatic rings. The molecule has 0 aliphatic carbocycles. The number of carbonyl (C=O) groups is 2. The number of nitrogens with zero attached hydrogens (tertiary/aromatic N) is 1. The first-order chi connectivity index (χ1) is 9.60. The van der Waals surface area contributed by atoms with Gasteiger partial charge in [-0.15, -0.1) is 11.3 Å². The zero-order valence-corrected chi connectivity index (χ0v) is 12.1. The van der Waals surface area contributed by atoms with Crippen LogP contribution < -0.4 is 10.2 Å². The Balaban J connectivity index is 1.95. The normalized spacial score (nSPS) is 10.2. The van der Waals surface area contributed by atoms with Crippen molar-refractivity contribution in [1.29, 1.82) is 0 Å². The first-order valence-corrected chi connectivity index (χ1v) is 7.43. The maximum atomic E-state index is 11.8. The van der Waals surface area contributed by atoms with Crippen LogP contribution in [0.4, 0.5) is 0 Å². The lowest BCUT2D eigenvalue weighted by Gasteiger charge is -2.00. The van der Waals surface area contributed by atoms with Gasteiger partial charge >= 0.3 is 10.8 Å². The minimum absolute atomic E-state index is 0.140.